The highest BCUT2D eigenvalue weighted by molar-refractivity contribution is 9.09. The Hall–Kier alpha value is 0.300. The zero-order valence-electron chi connectivity index (χ0n) is 7.94. The van der Waals surface area contributed by atoms with E-state index in [-0.39, 0.29) is 11.4 Å². The van der Waals surface area contributed by atoms with Crippen molar-refractivity contribution in [3.8, 4) is 0 Å². The Morgan fingerprint density at radius 2 is 2.15 bits per heavy atom. The van der Waals surface area contributed by atoms with Gasteiger partial charge >= 0.3 is 0 Å². The number of hydrogen-bond donors (Lipinski definition) is 1. The van der Waals surface area contributed by atoms with Gasteiger partial charge in [0.05, 0.1) is 5.75 Å². The molecule has 13 heavy (non-hydrogen) atoms. The summed E-state index contributed by atoms with van der Waals surface area (Å²) in [6.45, 7) is 0. The highest BCUT2D eigenvalue weighted by atomic mass is 79.9. The summed E-state index contributed by atoms with van der Waals surface area (Å²) < 4.78 is 0. The van der Waals surface area contributed by atoms with Crippen LogP contribution in [0.3, 0.4) is 0 Å². The third-order valence-electron chi connectivity index (χ3n) is 2.50. The zero-order chi connectivity index (χ0) is 9.73. The molecule has 1 fully saturated rings. The fourth-order valence-corrected chi connectivity index (χ4v) is 2.84. The molecule has 0 atom stereocenters. The molecule has 0 unspecified atom stereocenters. The van der Waals surface area contributed by atoms with Crippen LogP contribution in [-0.2, 0) is 4.79 Å². The molecule has 0 heterocycles. The largest absolute Gasteiger partial charge is 0.349 e. The molecule has 0 saturated heterocycles. The van der Waals surface area contributed by atoms with Crippen LogP contribution in [0.15, 0.2) is 0 Å². The Balaban J connectivity index is 2.43. The summed E-state index contributed by atoms with van der Waals surface area (Å²) in [5, 5.41) is 4.03. The zero-order valence-corrected chi connectivity index (χ0v) is 10.3. The fraction of sp³-hybridized carbons (Fsp3) is 0.889. The molecule has 0 radical (unpaired) electrons. The average molecular weight is 266 g/mol. The molecule has 0 spiro atoms. The van der Waals surface area contributed by atoms with E-state index in [9.17, 15) is 4.79 Å². The number of thioether (sulfide) groups is 1. The standard InChI is InChI=1S/C9H16BrNOS/c1-13-6-8(12)11-9(7-10)4-2-3-5-9/h2-7H2,1H3,(H,11,12). The van der Waals surface area contributed by atoms with Crippen LogP contribution in [-0.4, -0.2) is 28.8 Å². The van der Waals surface area contributed by atoms with E-state index in [0.717, 1.165) is 18.2 Å². The van der Waals surface area contributed by atoms with Crippen LogP contribution < -0.4 is 5.32 Å². The molecule has 0 aromatic rings. The number of hydrogen-bond acceptors (Lipinski definition) is 2. The predicted molar refractivity (Wildman–Crippen MR) is 61.5 cm³/mol. The van der Waals surface area contributed by atoms with Crippen molar-refractivity contribution in [1.29, 1.82) is 0 Å². The number of halogens is 1. The molecule has 1 N–H and O–H groups in total. The number of alkyl halides is 1. The fourth-order valence-electron chi connectivity index (χ4n) is 1.81. The summed E-state index contributed by atoms with van der Waals surface area (Å²) in [4.78, 5) is 11.4. The van der Waals surface area contributed by atoms with Crippen molar-refractivity contribution in [2.45, 2.75) is 31.2 Å². The molecular formula is C9H16BrNOS. The van der Waals surface area contributed by atoms with E-state index in [0.29, 0.717) is 5.75 Å². The summed E-state index contributed by atoms with van der Waals surface area (Å²) in [5.41, 5.74) is 0.0623. The molecule has 1 aliphatic rings. The minimum absolute atomic E-state index is 0.0623. The van der Waals surface area contributed by atoms with Crippen molar-refractivity contribution in [2.75, 3.05) is 17.3 Å². The molecule has 1 saturated carbocycles. The lowest BCUT2D eigenvalue weighted by molar-refractivity contribution is -0.120. The molecule has 0 aromatic carbocycles. The third kappa shape index (κ3) is 3.17. The first-order valence-electron chi connectivity index (χ1n) is 4.58. The highest BCUT2D eigenvalue weighted by Gasteiger charge is 2.33. The second-order valence-corrected chi connectivity index (χ2v) is 5.03. The van der Waals surface area contributed by atoms with Crippen molar-refractivity contribution >= 4 is 33.6 Å². The summed E-state index contributed by atoms with van der Waals surface area (Å²) in [7, 11) is 0. The van der Waals surface area contributed by atoms with Crippen LogP contribution in [0.4, 0.5) is 0 Å². The van der Waals surface area contributed by atoms with Crippen molar-refractivity contribution < 1.29 is 4.79 Å². The number of nitrogens with one attached hydrogen (secondary N) is 1. The SMILES string of the molecule is CSCC(=O)NC1(CBr)CCCC1. The molecule has 2 nitrogen and oxygen atoms in total. The molecule has 76 valence electrons. The average Bonchev–Trinajstić information content (AvgIpc) is 2.54. The molecule has 1 rings (SSSR count). The second kappa shape index (κ2) is 5.25. The topological polar surface area (TPSA) is 29.1 Å². The van der Waals surface area contributed by atoms with E-state index >= 15 is 0 Å². The Morgan fingerprint density at radius 3 is 2.62 bits per heavy atom. The maximum absolute atomic E-state index is 11.4. The van der Waals surface area contributed by atoms with Gasteiger partial charge in [0, 0.05) is 10.9 Å². The van der Waals surface area contributed by atoms with Gasteiger partial charge in [-0.15, -0.1) is 0 Å². The third-order valence-corrected chi connectivity index (χ3v) is 4.12. The smallest absolute Gasteiger partial charge is 0.230 e. The second-order valence-electron chi connectivity index (χ2n) is 3.60. The monoisotopic (exact) mass is 265 g/mol. The van der Waals surface area contributed by atoms with Gasteiger partial charge in [0.15, 0.2) is 0 Å². The first kappa shape index (κ1) is 11.4. The first-order valence-corrected chi connectivity index (χ1v) is 7.10. The minimum Gasteiger partial charge on any atom is -0.349 e. The van der Waals surface area contributed by atoms with Gasteiger partial charge in [0.25, 0.3) is 0 Å². The molecule has 1 aliphatic carbocycles. The quantitative estimate of drug-likeness (QED) is 0.790. The maximum Gasteiger partial charge on any atom is 0.230 e. The van der Waals surface area contributed by atoms with E-state index in [1.807, 2.05) is 6.26 Å². The molecule has 0 aliphatic heterocycles. The van der Waals surface area contributed by atoms with E-state index in [1.54, 1.807) is 11.8 Å². The van der Waals surface area contributed by atoms with E-state index in [2.05, 4.69) is 21.2 Å². The Kier molecular flexibility index (Phi) is 4.59. The van der Waals surface area contributed by atoms with Gasteiger partial charge in [-0.3, -0.25) is 4.79 Å². The first-order chi connectivity index (χ1) is 6.22. The molecule has 4 heteroatoms. The predicted octanol–water partition coefficient (Wildman–Crippen LogP) is 2.17. The van der Waals surface area contributed by atoms with Gasteiger partial charge in [-0.1, -0.05) is 28.8 Å². The van der Waals surface area contributed by atoms with Crippen LogP contribution in [0.2, 0.25) is 0 Å². The van der Waals surface area contributed by atoms with Crippen molar-refractivity contribution in [2.24, 2.45) is 0 Å². The maximum atomic E-state index is 11.4. The highest BCUT2D eigenvalue weighted by Crippen LogP contribution is 2.31. The lowest BCUT2D eigenvalue weighted by atomic mass is 10.0. The van der Waals surface area contributed by atoms with Gasteiger partial charge in [-0.05, 0) is 19.1 Å². The number of carbonyl (C=O) groups excluding carboxylic acids is 1. The van der Waals surface area contributed by atoms with Crippen LogP contribution in [0.25, 0.3) is 0 Å². The van der Waals surface area contributed by atoms with Crippen LogP contribution in [0, 0.1) is 0 Å². The van der Waals surface area contributed by atoms with Crippen molar-refractivity contribution in [3.63, 3.8) is 0 Å². The number of carbonyl (C=O) groups is 1. The summed E-state index contributed by atoms with van der Waals surface area (Å²) in [6, 6.07) is 0. The van der Waals surface area contributed by atoms with Crippen molar-refractivity contribution in [3.05, 3.63) is 0 Å². The lowest BCUT2D eigenvalue weighted by Crippen LogP contribution is -2.48. The summed E-state index contributed by atoms with van der Waals surface area (Å²) in [5.74, 6) is 0.753. The molecular weight excluding hydrogens is 250 g/mol. The van der Waals surface area contributed by atoms with E-state index < -0.39 is 0 Å². The van der Waals surface area contributed by atoms with Crippen LogP contribution in [0.1, 0.15) is 25.7 Å². The van der Waals surface area contributed by atoms with Crippen LogP contribution in [0.5, 0.6) is 0 Å². The molecule has 0 aromatic heterocycles. The Morgan fingerprint density at radius 1 is 1.54 bits per heavy atom. The van der Waals surface area contributed by atoms with Gasteiger partial charge < -0.3 is 5.32 Å². The molecule has 0 bridgehead atoms. The lowest BCUT2D eigenvalue weighted by Gasteiger charge is -2.27. The van der Waals surface area contributed by atoms with Gasteiger partial charge in [0.2, 0.25) is 5.91 Å². The van der Waals surface area contributed by atoms with Gasteiger partial charge in [-0.2, -0.15) is 11.8 Å². The summed E-state index contributed by atoms with van der Waals surface area (Å²) >= 11 is 5.07. The Bertz CT molecular complexity index is 180. The number of rotatable bonds is 4. The summed E-state index contributed by atoms with van der Waals surface area (Å²) in [6.07, 6.45) is 6.68. The van der Waals surface area contributed by atoms with Crippen LogP contribution >= 0.6 is 27.7 Å². The normalized spacial score (nSPS) is 20.2. The van der Waals surface area contributed by atoms with Crippen molar-refractivity contribution in [1.82, 2.24) is 5.32 Å². The number of amides is 1. The molecule has 1 amide bonds. The van der Waals surface area contributed by atoms with Gasteiger partial charge in [0.1, 0.15) is 0 Å². The minimum atomic E-state index is 0.0623. The Labute approximate surface area is 92.4 Å². The van der Waals surface area contributed by atoms with Gasteiger partial charge in [-0.25, -0.2) is 0 Å². The van der Waals surface area contributed by atoms with E-state index in [4.69, 9.17) is 0 Å². The van der Waals surface area contributed by atoms with E-state index in [1.165, 1.54) is 12.8 Å².